The maximum absolute atomic E-state index is 13.4. The molecular formula is C12H16ClFN2. The van der Waals surface area contributed by atoms with Crippen LogP contribution in [0.3, 0.4) is 0 Å². The molecule has 0 aliphatic heterocycles. The van der Waals surface area contributed by atoms with Gasteiger partial charge >= 0.3 is 0 Å². The Bertz CT molecular complexity index is 389. The van der Waals surface area contributed by atoms with Crippen LogP contribution >= 0.6 is 11.6 Å². The van der Waals surface area contributed by atoms with Gasteiger partial charge < -0.3 is 10.6 Å². The monoisotopic (exact) mass is 242 g/mol. The lowest BCUT2D eigenvalue weighted by Gasteiger charge is -2.27. The lowest BCUT2D eigenvalue weighted by molar-refractivity contribution is 0.620. The van der Waals surface area contributed by atoms with E-state index in [9.17, 15) is 4.39 Å². The maximum Gasteiger partial charge on any atom is 0.144 e. The van der Waals surface area contributed by atoms with Gasteiger partial charge in [-0.1, -0.05) is 24.4 Å². The Morgan fingerprint density at radius 3 is 2.62 bits per heavy atom. The lowest BCUT2D eigenvalue weighted by atomic mass is 10.1. The minimum absolute atomic E-state index is 0.0843. The topological polar surface area (TPSA) is 29.3 Å². The van der Waals surface area contributed by atoms with E-state index in [1.165, 1.54) is 25.0 Å². The summed E-state index contributed by atoms with van der Waals surface area (Å²) in [5.41, 5.74) is 7.15. The zero-order chi connectivity index (χ0) is 11.7. The molecule has 0 radical (unpaired) electrons. The molecule has 0 bridgehead atoms. The summed E-state index contributed by atoms with van der Waals surface area (Å²) >= 11 is 5.68. The first kappa shape index (κ1) is 11.5. The summed E-state index contributed by atoms with van der Waals surface area (Å²) < 4.78 is 13.4. The van der Waals surface area contributed by atoms with E-state index < -0.39 is 5.82 Å². The second kappa shape index (κ2) is 4.50. The minimum Gasteiger partial charge on any atom is -0.397 e. The Morgan fingerprint density at radius 2 is 2.00 bits per heavy atom. The van der Waals surface area contributed by atoms with Gasteiger partial charge in [0.15, 0.2) is 0 Å². The fraction of sp³-hybridized carbons (Fsp3) is 0.500. The highest BCUT2D eigenvalue weighted by Gasteiger charge is 2.21. The fourth-order valence-electron chi connectivity index (χ4n) is 2.35. The summed E-state index contributed by atoms with van der Waals surface area (Å²) in [4.78, 5) is 2.07. The second-order valence-electron chi connectivity index (χ2n) is 4.37. The van der Waals surface area contributed by atoms with Crippen molar-refractivity contribution in [1.29, 1.82) is 0 Å². The summed E-state index contributed by atoms with van der Waals surface area (Å²) in [6.45, 7) is 0. The normalized spacial score (nSPS) is 16.7. The predicted molar refractivity (Wildman–Crippen MR) is 66.5 cm³/mol. The van der Waals surface area contributed by atoms with Crippen molar-refractivity contribution in [1.82, 2.24) is 0 Å². The molecule has 1 saturated carbocycles. The molecule has 88 valence electrons. The Balaban J connectivity index is 2.28. The van der Waals surface area contributed by atoms with E-state index in [4.69, 9.17) is 17.3 Å². The van der Waals surface area contributed by atoms with Crippen molar-refractivity contribution in [3.63, 3.8) is 0 Å². The quantitative estimate of drug-likeness (QED) is 0.805. The molecule has 2 nitrogen and oxygen atoms in total. The van der Waals surface area contributed by atoms with Gasteiger partial charge in [0.25, 0.3) is 0 Å². The third-order valence-electron chi connectivity index (χ3n) is 3.32. The zero-order valence-corrected chi connectivity index (χ0v) is 10.1. The average Bonchev–Trinajstić information content (AvgIpc) is 2.75. The molecule has 0 atom stereocenters. The van der Waals surface area contributed by atoms with Crippen LogP contribution in [0.1, 0.15) is 25.7 Å². The van der Waals surface area contributed by atoms with Gasteiger partial charge in [-0.2, -0.15) is 0 Å². The highest BCUT2D eigenvalue weighted by molar-refractivity contribution is 6.31. The molecular weight excluding hydrogens is 227 g/mol. The molecule has 1 aliphatic rings. The highest BCUT2D eigenvalue weighted by atomic mass is 35.5. The van der Waals surface area contributed by atoms with Crippen LogP contribution < -0.4 is 10.6 Å². The molecule has 0 heterocycles. The summed E-state index contributed by atoms with van der Waals surface area (Å²) in [7, 11) is 1.97. The predicted octanol–water partition coefficient (Wildman–Crippen LogP) is 3.44. The largest absolute Gasteiger partial charge is 0.397 e. The van der Waals surface area contributed by atoms with Gasteiger partial charge in [-0.3, -0.25) is 0 Å². The molecule has 2 N–H and O–H groups in total. The standard InChI is InChI=1S/C12H16ClFN2/c1-16(8-4-2-3-5-8)12-7-10(14)9(13)6-11(12)15/h6-8H,2-5,15H2,1H3. The van der Waals surface area contributed by atoms with Gasteiger partial charge in [-0.15, -0.1) is 0 Å². The number of rotatable bonds is 2. The van der Waals surface area contributed by atoms with E-state index in [-0.39, 0.29) is 5.02 Å². The van der Waals surface area contributed by atoms with Crippen molar-refractivity contribution < 1.29 is 4.39 Å². The van der Waals surface area contributed by atoms with Crippen LogP contribution in [0.2, 0.25) is 5.02 Å². The molecule has 4 heteroatoms. The molecule has 0 aromatic heterocycles. The Kier molecular flexibility index (Phi) is 3.24. The van der Waals surface area contributed by atoms with Crippen LogP contribution in [0.5, 0.6) is 0 Å². The van der Waals surface area contributed by atoms with Crippen molar-refractivity contribution in [2.24, 2.45) is 0 Å². The second-order valence-corrected chi connectivity index (χ2v) is 4.78. The lowest BCUT2D eigenvalue weighted by Crippen LogP contribution is -2.29. The Labute approximate surface area is 100 Å². The molecule has 1 aliphatic carbocycles. The number of nitrogens with two attached hydrogens (primary N) is 1. The van der Waals surface area contributed by atoms with Gasteiger partial charge in [0.1, 0.15) is 5.82 Å². The van der Waals surface area contributed by atoms with Crippen LogP contribution in [0, 0.1) is 5.82 Å². The minimum atomic E-state index is -0.407. The number of halogens is 2. The Morgan fingerprint density at radius 1 is 1.38 bits per heavy atom. The van der Waals surface area contributed by atoms with E-state index in [1.54, 1.807) is 0 Å². The van der Waals surface area contributed by atoms with Crippen LogP contribution in [-0.4, -0.2) is 13.1 Å². The first-order valence-corrected chi connectivity index (χ1v) is 5.94. The molecule has 0 spiro atoms. The zero-order valence-electron chi connectivity index (χ0n) is 9.34. The molecule has 0 amide bonds. The van der Waals surface area contributed by atoms with Gasteiger partial charge in [-0.25, -0.2) is 4.39 Å². The van der Waals surface area contributed by atoms with Crippen molar-refractivity contribution in [2.45, 2.75) is 31.7 Å². The molecule has 0 unspecified atom stereocenters. The average molecular weight is 243 g/mol. The van der Waals surface area contributed by atoms with E-state index in [1.807, 2.05) is 7.05 Å². The number of anilines is 2. The van der Waals surface area contributed by atoms with Crippen molar-refractivity contribution in [2.75, 3.05) is 17.7 Å². The summed E-state index contributed by atoms with van der Waals surface area (Å²) in [6.07, 6.45) is 4.79. The number of hydrogen-bond donors (Lipinski definition) is 1. The third kappa shape index (κ3) is 2.09. The van der Waals surface area contributed by atoms with E-state index in [0.29, 0.717) is 11.7 Å². The number of nitrogens with zero attached hydrogens (tertiary/aromatic N) is 1. The van der Waals surface area contributed by atoms with Crippen molar-refractivity contribution in [3.05, 3.63) is 23.0 Å². The van der Waals surface area contributed by atoms with E-state index in [2.05, 4.69) is 4.90 Å². The van der Waals surface area contributed by atoms with Crippen LogP contribution in [0.4, 0.5) is 15.8 Å². The number of nitrogen functional groups attached to an aromatic ring is 1. The van der Waals surface area contributed by atoms with Crippen molar-refractivity contribution >= 4 is 23.0 Å². The highest BCUT2D eigenvalue weighted by Crippen LogP contribution is 2.33. The van der Waals surface area contributed by atoms with Crippen LogP contribution in [-0.2, 0) is 0 Å². The number of hydrogen-bond acceptors (Lipinski definition) is 2. The van der Waals surface area contributed by atoms with E-state index in [0.717, 1.165) is 18.5 Å². The van der Waals surface area contributed by atoms with Gasteiger partial charge in [0.05, 0.1) is 16.4 Å². The van der Waals surface area contributed by atoms with Gasteiger partial charge in [-0.05, 0) is 18.9 Å². The van der Waals surface area contributed by atoms with Crippen LogP contribution in [0.15, 0.2) is 12.1 Å². The van der Waals surface area contributed by atoms with Gasteiger partial charge in [0, 0.05) is 19.2 Å². The molecule has 1 aromatic carbocycles. The first-order valence-electron chi connectivity index (χ1n) is 5.57. The molecule has 2 rings (SSSR count). The SMILES string of the molecule is CN(c1cc(F)c(Cl)cc1N)C1CCCC1. The van der Waals surface area contributed by atoms with Crippen molar-refractivity contribution in [3.8, 4) is 0 Å². The number of benzene rings is 1. The summed E-state index contributed by atoms with van der Waals surface area (Å²) in [5, 5.41) is 0.0843. The Hall–Kier alpha value is -0.960. The fourth-order valence-corrected chi connectivity index (χ4v) is 2.52. The maximum atomic E-state index is 13.4. The third-order valence-corrected chi connectivity index (χ3v) is 3.61. The molecule has 1 aromatic rings. The molecule has 1 fully saturated rings. The summed E-state index contributed by atoms with van der Waals surface area (Å²) in [5.74, 6) is -0.407. The molecule has 0 saturated heterocycles. The summed E-state index contributed by atoms with van der Waals surface area (Å²) in [6, 6.07) is 3.39. The first-order chi connectivity index (χ1) is 7.59. The molecule has 16 heavy (non-hydrogen) atoms. The van der Waals surface area contributed by atoms with E-state index >= 15 is 0 Å². The smallest absolute Gasteiger partial charge is 0.144 e. The van der Waals surface area contributed by atoms with Crippen LogP contribution in [0.25, 0.3) is 0 Å². The van der Waals surface area contributed by atoms with Gasteiger partial charge in [0.2, 0.25) is 0 Å².